The van der Waals surface area contributed by atoms with Gasteiger partial charge in [0.2, 0.25) is 0 Å². The van der Waals surface area contributed by atoms with Gasteiger partial charge in [-0.15, -0.1) is 0 Å². The molecule has 0 unspecified atom stereocenters. The fraction of sp³-hybridized carbons (Fsp3) is 0.0833. The van der Waals surface area contributed by atoms with E-state index in [4.69, 9.17) is 0 Å². The molecule has 0 aliphatic rings. The highest BCUT2D eigenvalue weighted by atomic mass is 19.4. The lowest BCUT2D eigenvalue weighted by molar-refractivity contribution is -0.138. The maximum absolute atomic E-state index is 13.2. The van der Waals surface area contributed by atoms with Gasteiger partial charge in [-0.1, -0.05) is 48.5 Å². The Labute approximate surface area is 166 Å². The van der Waals surface area contributed by atoms with Crippen molar-refractivity contribution in [2.24, 2.45) is 0 Å². The van der Waals surface area contributed by atoms with Crippen molar-refractivity contribution >= 4 is 43.1 Å². The van der Waals surface area contributed by atoms with Gasteiger partial charge < -0.3 is 0 Å². The molecule has 0 saturated heterocycles. The van der Waals surface area contributed by atoms with Gasteiger partial charge in [-0.05, 0) is 67.4 Å². The second-order valence-electron chi connectivity index (χ2n) is 7.25. The fourth-order valence-corrected chi connectivity index (χ4v) is 4.03. The van der Waals surface area contributed by atoms with Crippen molar-refractivity contribution in [1.29, 1.82) is 0 Å². The Bertz CT molecular complexity index is 1350. The van der Waals surface area contributed by atoms with Crippen LogP contribution in [0.5, 0.6) is 0 Å². The molecule has 0 nitrogen and oxygen atoms in total. The normalized spacial score (nSPS) is 13.0. The Kier molecular flexibility index (Phi) is 3.81. The van der Waals surface area contributed by atoms with E-state index in [2.05, 4.69) is 0 Å². The van der Waals surface area contributed by atoms with E-state index in [9.17, 15) is 26.3 Å². The number of halogens is 6. The summed E-state index contributed by atoms with van der Waals surface area (Å²) in [5.74, 6) is 0. The van der Waals surface area contributed by atoms with Gasteiger partial charge in [0, 0.05) is 0 Å². The highest BCUT2D eigenvalue weighted by Crippen LogP contribution is 2.39. The van der Waals surface area contributed by atoms with Crippen LogP contribution in [0.25, 0.3) is 43.1 Å². The van der Waals surface area contributed by atoms with Gasteiger partial charge in [0.1, 0.15) is 0 Å². The highest BCUT2D eigenvalue weighted by molar-refractivity contribution is 6.22. The molecule has 0 bridgehead atoms. The molecule has 0 aromatic heterocycles. The van der Waals surface area contributed by atoms with E-state index in [0.717, 1.165) is 24.3 Å². The molecule has 0 N–H and O–H groups in total. The van der Waals surface area contributed by atoms with Crippen molar-refractivity contribution in [1.82, 2.24) is 0 Å². The van der Waals surface area contributed by atoms with E-state index in [-0.39, 0.29) is 0 Å². The first-order chi connectivity index (χ1) is 14.1. The maximum Gasteiger partial charge on any atom is 0.416 e. The molecule has 5 aromatic rings. The minimum atomic E-state index is -4.46. The third-order valence-corrected chi connectivity index (χ3v) is 5.49. The van der Waals surface area contributed by atoms with Crippen LogP contribution in [0.15, 0.2) is 72.8 Å². The van der Waals surface area contributed by atoms with Gasteiger partial charge in [-0.25, -0.2) is 0 Å². The molecular weight excluding hydrogens is 402 g/mol. The molecule has 30 heavy (non-hydrogen) atoms. The predicted molar refractivity (Wildman–Crippen MR) is 106 cm³/mol. The van der Waals surface area contributed by atoms with Crippen LogP contribution >= 0.6 is 0 Å². The van der Waals surface area contributed by atoms with E-state index in [1.807, 2.05) is 0 Å². The molecule has 0 heterocycles. The number of hydrogen-bond acceptors (Lipinski definition) is 0. The van der Waals surface area contributed by atoms with Crippen molar-refractivity contribution in [3.8, 4) is 0 Å². The molecule has 150 valence electrons. The Balaban J connectivity index is 1.86. The lowest BCUT2D eigenvalue weighted by Crippen LogP contribution is -2.04. The first-order valence-electron chi connectivity index (χ1n) is 9.09. The zero-order valence-electron chi connectivity index (χ0n) is 15.2. The average molecular weight is 414 g/mol. The van der Waals surface area contributed by atoms with Crippen LogP contribution < -0.4 is 0 Å². The molecular formula is C24H12F6. The number of fused-ring (bicyclic) bond motifs is 7. The Hall–Kier alpha value is -3.28. The smallest absolute Gasteiger partial charge is 0.166 e. The largest absolute Gasteiger partial charge is 0.416 e. The molecule has 0 fully saturated rings. The van der Waals surface area contributed by atoms with Crippen LogP contribution in [0.4, 0.5) is 26.3 Å². The van der Waals surface area contributed by atoms with Crippen molar-refractivity contribution in [2.45, 2.75) is 12.4 Å². The maximum atomic E-state index is 13.2. The molecule has 0 spiro atoms. The molecule has 0 saturated carbocycles. The van der Waals surface area contributed by atoms with Crippen molar-refractivity contribution in [2.75, 3.05) is 0 Å². The SMILES string of the molecule is FC(F)(F)c1ccc2ccc3c(ccc4c5cc(C(F)(F)F)ccc5ccc43)c2c1. The van der Waals surface area contributed by atoms with E-state index >= 15 is 0 Å². The summed E-state index contributed by atoms with van der Waals surface area (Å²) in [4.78, 5) is 0. The molecule has 0 aliphatic heterocycles. The van der Waals surface area contributed by atoms with Crippen molar-refractivity contribution in [3.05, 3.63) is 83.9 Å². The van der Waals surface area contributed by atoms with Crippen LogP contribution in [-0.4, -0.2) is 0 Å². The number of hydrogen-bond donors (Lipinski definition) is 0. The first kappa shape index (κ1) is 18.7. The molecule has 0 amide bonds. The summed E-state index contributed by atoms with van der Waals surface area (Å²) in [7, 11) is 0. The summed E-state index contributed by atoms with van der Waals surface area (Å²) < 4.78 is 79.1. The summed E-state index contributed by atoms with van der Waals surface area (Å²) in [5, 5.41) is 4.86. The zero-order valence-corrected chi connectivity index (χ0v) is 15.2. The van der Waals surface area contributed by atoms with Crippen LogP contribution in [0.3, 0.4) is 0 Å². The molecule has 0 aliphatic carbocycles. The Morgan fingerprint density at radius 3 is 1.03 bits per heavy atom. The highest BCUT2D eigenvalue weighted by Gasteiger charge is 2.31. The van der Waals surface area contributed by atoms with Gasteiger partial charge in [0.15, 0.2) is 0 Å². The van der Waals surface area contributed by atoms with Crippen molar-refractivity contribution < 1.29 is 26.3 Å². The topological polar surface area (TPSA) is 0 Å². The van der Waals surface area contributed by atoms with E-state index in [1.165, 1.54) is 12.1 Å². The minimum absolute atomic E-state index is 0.452. The molecule has 5 aromatic carbocycles. The van der Waals surface area contributed by atoms with Gasteiger partial charge in [-0.2, -0.15) is 26.3 Å². The third kappa shape index (κ3) is 2.86. The summed E-state index contributed by atoms with van der Waals surface area (Å²) in [6.45, 7) is 0. The lowest BCUT2D eigenvalue weighted by Gasteiger charge is -2.13. The molecule has 0 atom stereocenters. The van der Waals surface area contributed by atoms with Gasteiger partial charge >= 0.3 is 12.4 Å². The van der Waals surface area contributed by atoms with Gasteiger partial charge in [-0.3, -0.25) is 0 Å². The fourth-order valence-electron chi connectivity index (χ4n) is 4.03. The van der Waals surface area contributed by atoms with Crippen LogP contribution in [0.2, 0.25) is 0 Å². The standard InChI is InChI=1S/C24H12F6/c25-23(26,27)15-5-1-13-3-7-17-18-8-4-14-2-6-16(24(28,29)30)12-22(14)20(18)10-9-19(17)21(13)11-15/h1-12H. The number of alkyl halides is 6. The van der Waals surface area contributed by atoms with E-state index in [1.54, 1.807) is 36.4 Å². The van der Waals surface area contributed by atoms with Gasteiger partial charge in [0.05, 0.1) is 11.1 Å². The monoisotopic (exact) mass is 414 g/mol. The Morgan fingerprint density at radius 1 is 0.367 bits per heavy atom. The quantitative estimate of drug-likeness (QED) is 0.176. The summed E-state index contributed by atoms with van der Waals surface area (Å²) in [5.41, 5.74) is -1.48. The number of rotatable bonds is 0. The van der Waals surface area contributed by atoms with Gasteiger partial charge in [0.25, 0.3) is 0 Å². The second-order valence-corrected chi connectivity index (χ2v) is 7.25. The predicted octanol–water partition coefficient (Wildman–Crippen LogP) is 8.34. The minimum Gasteiger partial charge on any atom is -0.166 e. The van der Waals surface area contributed by atoms with Crippen molar-refractivity contribution in [3.63, 3.8) is 0 Å². The number of benzene rings is 5. The zero-order chi connectivity index (χ0) is 21.3. The van der Waals surface area contributed by atoms with E-state index in [0.29, 0.717) is 43.1 Å². The molecule has 6 heteroatoms. The average Bonchev–Trinajstić information content (AvgIpc) is 2.70. The van der Waals surface area contributed by atoms with E-state index < -0.39 is 23.5 Å². The lowest BCUT2D eigenvalue weighted by atomic mass is 9.93. The summed E-state index contributed by atoms with van der Waals surface area (Å²) in [6, 6.07) is 17.6. The summed E-state index contributed by atoms with van der Waals surface area (Å²) in [6.07, 6.45) is -8.92. The first-order valence-corrected chi connectivity index (χ1v) is 9.09. The van der Waals surface area contributed by atoms with Crippen LogP contribution in [0, 0.1) is 0 Å². The summed E-state index contributed by atoms with van der Waals surface area (Å²) >= 11 is 0. The Morgan fingerprint density at radius 2 is 0.667 bits per heavy atom. The van der Waals surface area contributed by atoms with Crippen LogP contribution in [-0.2, 0) is 12.4 Å². The second kappa shape index (κ2) is 6.11. The molecule has 0 radical (unpaired) electrons. The molecule has 5 rings (SSSR count). The van der Waals surface area contributed by atoms with Crippen LogP contribution in [0.1, 0.15) is 11.1 Å². The third-order valence-electron chi connectivity index (χ3n) is 5.49.